The highest BCUT2D eigenvalue weighted by molar-refractivity contribution is 5.73. The van der Waals surface area contributed by atoms with E-state index in [1.165, 1.54) is 4.90 Å². The van der Waals surface area contributed by atoms with Crippen LogP contribution in [0.1, 0.15) is 5.69 Å². The van der Waals surface area contributed by atoms with Crippen molar-refractivity contribution in [2.24, 2.45) is 0 Å². The Hall–Kier alpha value is -1.52. The molecule has 0 radical (unpaired) electrons. The Morgan fingerprint density at radius 1 is 1.69 bits per heavy atom. The van der Waals surface area contributed by atoms with E-state index in [1.54, 1.807) is 26.6 Å². The second-order valence-corrected chi connectivity index (χ2v) is 2.95. The van der Waals surface area contributed by atoms with Crippen LogP contribution >= 0.6 is 0 Å². The number of carbonyl (C=O) groups is 1. The predicted molar refractivity (Wildman–Crippen MR) is 49.4 cm³/mol. The molecule has 1 aromatic rings. The largest absolute Gasteiger partial charge is 0.348 e. The summed E-state index contributed by atoms with van der Waals surface area (Å²) in [7, 11) is 3.43. The first-order valence-electron chi connectivity index (χ1n) is 4.12. The zero-order chi connectivity index (χ0) is 9.68. The number of hydrogen-bond donors (Lipinski definition) is 2. The van der Waals surface area contributed by atoms with Gasteiger partial charge in [-0.15, -0.1) is 0 Å². The van der Waals surface area contributed by atoms with Gasteiger partial charge in [0.25, 0.3) is 0 Å². The van der Waals surface area contributed by atoms with Gasteiger partial charge in [0.2, 0.25) is 0 Å². The number of urea groups is 1. The third-order valence-electron chi connectivity index (χ3n) is 1.63. The van der Waals surface area contributed by atoms with Gasteiger partial charge in [-0.2, -0.15) is 0 Å². The van der Waals surface area contributed by atoms with Gasteiger partial charge in [0.05, 0.1) is 6.33 Å². The summed E-state index contributed by atoms with van der Waals surface area (Å²) in [5, 5.41) is 2.76. The Bertz CT molecular complexity index is 255. The smallest absolute Gasteiger partial charge is 0.316 e. The lowest BCUT2D eigenvalue weighted by Crippen LogP contribution is -2.35. The summed E-state index contributed by atoms with van der Waals surface area (Å²) in [6.45, 7) is 0.624. The van der Waals surface area contributed by atoms with Crippen LogP contribution in [0.15, 0.2) is 12.5 Å². The molecule has 0 saturated carbocycles. The van der Waals surface area contributed by atoms with Crippen molar-refractivity contribution in [2.75, 3.05) is 20.6 Å². The summed E-state index contributed by atoms with van der Waals surface area (Å²) in [5.41, 5.74) is 1.03. The molecule has 5 heteroatoms. The van der Waals surface area contributed by atoms with Crippen molar-refractivity contribution in [1.82, 2.24) is 20.2 Å². The summed E-state index contributed by atoms with van der Waals surface area (Å²) in [6.07, 6.45) is 4.16. The standard InChI is InChI=1S/C8H14N4O/c1-12(2)8(13)10-4-3-7-5-9-6-11-7/h5-6H,3-4H2,1-2H3,(H,9,11)(H,10,13). The molecule has 0 aliphatic carbocycles. The second kappa shape index (κ2) is 4.49. The molecule has 5 nitrogen and oxygen atoms in total. The van der Waals surface area contributed by atoms with Crippen LogP contribution in [0.5, 0.6) is 0 Å². The highest BCUT2D eigenvalue weighted by atomic mass is 16.2. The Balaban J connectivity index is 2.18. The molecule has 1 rings (SSSR count). The monoisotopic (exact) mass is 182 g/mol. The molecule has 2 amide bonds. The Kier molecular flexibility index (Phi) is 3.31. The highest BCUT2D eigenvalue weighted by Gasteiger charge is 2.01. The van der Waals surface area contributed by atoms with Crippen molar-refractivity contribution in [3.8, 4) is 0 Å². The highest BCUT2D eigenvalue weighted by Crippen LogP contribution is 1.90. The summed E-state index contributed by atoms with van der Waals surface area (Å²) in [4.78, 5) is 19.4. The maximum atomic E-state index is 11.1. The van der Waals surface area contributed by atoms with Crippen molar-refractivity contribution >= 4 is 6.03 Å². The summed E-state index contributed by atoms with van der Waals surface area (Å²) < 4.78 is 0. The number of amides is 2. The van der Waals surface area contributed by atoms with E-state index < -0.39 is 0 Å². The van der Waals surface area contributed by atoms with E-state index in [-0.39, 0.29) is 6.03 Å². The topological polar surface area (TPSA) is 61.0 Å². The molecule has 0 unspecified atom stereocenters. The van der Waals surface area contributed by atoms with Crippen LogP contribution < -0.4 is 5.32 Å². The predicted octanol–water partition coefficient (Wildman–Crippen LogP) is 0.223. The molecule has 0 spiro atoms. The molecule has 1 aromatic heterocycles. The molecule has 0 atom stereocenters. The number of nitrogens with one attached hydrogen (secondary N) is 2. The molecular weight excluding hydrogens is 168 g/mol. The molecule has 0 fully saturated rings. The van der Waals surface area contributed by atoms with Crippen molar-refractivity contribution in [3.63, 3.8) is 0 Å². The number of imidazole rings is 1. The Morgan fingerprint density at radius 3 is 3.00 bits per heavy atom. The Labute approximate surface area is 77.2 Å². The summed E-state index contributed by atoms with van der Waals surface area (Å²) in [6, 6.07) is -0.0699. The molecule has 1 heterocycles. The number of aromatic nitrogens is 2. The van der Waals surface area contributed by atoms with Gasteiger partial charge in [-0.05, 0) is 0 Å². The van der Waals surface area contributed by atoms with Crippen LogP contribution in [0.4, 0.5) is 4.79 Å². The molecule has 0 aliphatic heterocycles. The van der Waals surface area contributed by atoms with Crippen molar-refractivity contribution in [2.45, 2.75) is 6.42 Å². The van der Waals surface area contributed by atoms with Gasteiger partial charge in [0, 0.05) is 39.0 Å². The number of nitrogens with zero attached hydrogens (tertiary/aromatic N) is 2. The minimum absolute atomic E-state index is 0.0699. The number of aromatic amines is 1. The number of hydrogen-bond acceptors (Lipinski definition) is 2. The zero-order valence-corrected chi connectivity index (χ0v) is 7.87. The van der Waals surface area contributed by atoms with Crippen LogP contribution in [0, 0.1) is 0 Å². The van der Waals surface area contributed by atoms with E-state index in [2.05, 4.69) is 15.3 Å². The lowest BCUT2D eigenvalue weighted by Gasteiger charge is -2.10. The zero-order valence-electron chi connectivity index (χ0n) is 7.87. The van der Waals surface area contributed by atoms with E-state index >= 15 is 0 Å². The Morgan fingerprint density at radius 2 is 2.46 bits per heavy atom. The van der Waals surface area contributed by atoms with E-state index in [9.17, 15) is 4.79 Å². The second-order valence-electron chi connectivity index (χ2n) is 2.95. The molecule has 13 heavy (non-hydrogen) atoms. The van der Waals surface area contributed by atoms with Crippen molar-refractivity contribution in [3.05, 3.63) is 18.2 Å². The van der Waals surface area contributed by atoms with Gasteiger partial charge in [0.1, 0.15) is 0 Å². The molecule has 0 aliphatic rings. The number of carbonyl (C=O) groups excluding carboxylic acids is 1. The van der Waals surface area contributed by atoms with Gasteiger partial charge in [-0.1, -0.05) is 0 Å². The normalized spacial score (nSPS) is 9.69. The van der Waals surface area contributed by atoms with E-state index in [0.717, 1.165) is 12.1 Å². The quantitative estimate of drug-likeness (QED) is 0.702. The van der Waals surface area contributed by atoms with Gasteiger partial charge < -0.3 is 15.2 Å². The van der Waals surface area contributed by atoms with Crippen molar-refractivity contribution in [1.29, 1.82) is 0 Å². The van der Waals surface area contributed by atoms with Crippen LogP contribution in [0.3, 0.4) is 0 Å². The first kappa shape index (κ1) is 9.57. The fraction of sp³-hybridized carbons (Fsp3) is 0.500. The molecule has 0 saturated heterocycles. The van der Waals surface area contributed by atoms with E-state index in [0.29, 0.717) is 6.54 Å². The minimum Gasteiger partial charge on any atom is -0.348 e. The average Bonchev–Trinajstić information content (AvgIpc) is 2.56. The lowest BCUT2D eigenvalue weighted by molar-refractivity contribution is 0.217. The van der Waals surface area contributed by atoms with Crippen LogP contribution in [-0.4, -0.2) is 41.5 Å². The average molecular weight is 182 g/mol. The third kappa shape index (κ3) is 3.14. The van der Waals surface area contributed by atoms with Crippen LogP contribution in [-0.2, 0) is 6.42 Å². The van der Waals surface area contributed by atoms with Crippen LogP contribution in [0.25, 0.3) is 0 Å². The summed E-state index contributed by atoms with van der Waals surface area (Å²) in [5.74, 6) is 0. The first-order chi connectivity index (χ1) is 6.20. The lowest BCUT2D eigenvalue weighted by atomic mass is 10.3. The van der Waals surface area contributed by atoms with Gasteiger partial charge in [-0.25, -0.2) is 9.78 Å². The fourth-order valence-corrected chi connectivity index (χ4v) is 0.884. The maximum absolute atomic E-state index is 11.1. The van der Waals surface area contributed by atoms with E-state index in [1.807, 2.05) is 0 Å². The fourth-order valence-electron chi connectivity index (χ4n) is 0.884. The summed E-state index contributed by atoms with van der Waals surface area (Å²) >= 11 is 0. The third-order valence-corrected chi connectivity index (χ3v) is 1.63. The van der Waals surface area contributed by atoms with Crippen molar-refractivity contribution < 1.29 is 4.79 Å². The molecule has 0 aromatic carbocycles. The number of rotatable bonds is 3. The minimum atomic E-state index is -0.0699. The molecule has 2 N–H and O–H groups in total. The molecule has 0 bridgehead atoms. The molecule has 72 valence electrons. The van der Waals surface area contributed by atoms with Crippen LogP contribution in [0.2, 0.25) is 0 Å². The SMILES string of the molecule is CN(C)C(=O)NCCc1cnc[nH]1. The van der Waals surface area contributed by atoms with Gasteiger partial charge in [-0.3, -0.25) is 0 Å². The first-order valence-corrected chi connectivity index (χ1v) is 4.12. The number of H-pyrrole nitrogens is 1. The van der Waals surface area contributed by atoms with Gasteiger partial charge in [0.15, 0.2) is 0 Å². The molecular formula is C8H14N4O. The van der Waals surface area contributed by atoms with Gasteiger partial charge >= 0.3 is 6.03 Å². The maximum Gasteiger partial charge on any atom is 0.316 e. The van der Waals surface area contributed by atoms with E-state index in [4.69, 9.17) is 0 Å².